The van der Waals surface area contributed by atoms with Gasteiger partial charge >= 0.3 is 0 Å². The summed E-state index contributed by atoms with van der Waals surface area (Å²) in [6.45, 7) is 0. The molecule has 434 valence electrons. The van der Waals surface area contributed by atoms with Crippen LogP contribution in [-0.4, -0.2) is 39.9 Å². The van der Waals surface area contributed by atoms with Gasteiger partial charge in [-0.1, -0.05) is 94.7 Å². The Morgan fingerprint density at radius 3 is 0.542 bits per heavy atom. The molecule has 8 aliphatic carbocycles. The highest BCUT2D eigenvalue weighted by molar-refractivity contribution is 6.09. The average Bonchev–Trinajstić information content (AvgIpc) is 1.59. The molecule has 96 heavy (non-hydrogen) atoms. The number of benzene rings is 4. The van der Waals surface area contributed by atoms with Crippen LogP contribution < -0.4 is 0 Å². The van der Waals surface area contributed by atoms with E-state index in [1.54, 1.807) is 0 Å². The minimum Gasteiger partial charge on any atom is -0.324 e. The Bertz CT molecular complexity index is 4710. The molecule has 2 N–H and O–H groups in total. The van der Waals surface area contributed by atoms with Crippen LogP contribution in [0.2, 0.25) is 0 Å². The fourth-order valence-electron chi connectivity index (χ4n) is 11.6. The van der Waals surface area contributed by atoms with Crippen molar-refractivity contribution in [2.24, 2.45) is 0 Å². The molecule has 7 aromatic rings. The van der Waals surface area contributed by atoms with Crippen molar-refractivity contribution in [2.75, 3.05) is 0 Å². The van der Waals surface area contributed by atoms with Crippen molar-refractivity contribution in [3.05, 3.63) is 346 Å². The van der Waals surface area contributed by atoms with Gasteiger partial charge in [-0.3, -0.25) is 0 Å². The van der Waals surface area contributed by atoms with Crippen molar-refractivity contribution < 1.29 is 0 Å². The predicted octanol–water partition coefficient (Wildman–Crippen LogP) is 12.9. The van der Waals surface area contributed by atoms with Crippen molar-refractivity contribution in [2.45, 2.75) is 0 Å². The van der Waals surface area contributed by atoms with Crippen molar-refractivity contribution in [1.29, 1.82) is 0 Å². The van der Waals surface area contributed by atoms with Crippen molar-refractivity contribution in [3.63, 3.8) is 0 Å². The molecule has 2 aliphatic heterocycles. The number of aromatic amines is 2. The molecule has 8 saturated carbocycles. The van der Waals surface area contributed by atoms with Gasteiger partial charge in [0.1, 0.15) is 22.6 Å². The van der Waals surface area contributed by atoms with E-state index in [2.05, 4.69) is 105 Å². The first kappa shape index (κ1) is 60.4. The number of aromatic nitrogens is 8. The molecule has 40 radical (unpaired) electrons. The molecule has 0 saturated heterocycles. The third kappa shape index (κ3) is 12.9. The molecule has 10 aliphatic rings. The molecular formula is C88H42N8. The summed E-state index contributed by atoms with van der Waals surface area (Å²) in [5, 5.41) is 2.90. The van der Waals surface area contributed by atoms with Crippen LogP contribution in [0.4, 0.5) is 0 Å². The highest BCUT2D eigenvalue weighted by Crippen LogP contribution is 2.42. The number of H-pyrrole nitrogens is 2. The first-order valence-corrected chi connectivity index (χ1v) is 30.9. The Hall–Kier alpha value is -9.28. The fraction of sp³-hybridized carbons (Fsp3) is 0. The van der Waals surface area contributed by atoms with Crippen LogP contribution in [0.5, 0.6) is 0 Å². The van der Waals surface area contributed by atoms with Gasteiger partial charge in [-0.05, 0) is 254 Å². The zero-order valence-corrected chi connectivity index (χ0v) is 50.8. The van der Waals surface area contributed by atoms with Gasteiger partial charge in [0.05, 0.1) is 47.3 Å². The number of hydrogen-bond donors (Lipinski definition) is 2. The molecule has 0 atom stereocenters. The second-order valence-electron chi connectivity index (χ2n) is 22.8. The lowest BCUT2D eigenvalue weighted by molar-refractivity contribution is 1.16. The maximum atomic E-state index is 5.59. The standard InChI is InChI=1S/C88H42N8/c1-2-18-57(17-1)33-41-65-49-73-74(50-66(65)42-34-58-19-3-4-20-58)82-89-81(73)93-83-75-51-67(43-35-59-21-5-6-22-59)68(44-36-60-23-7-8-24-60)52-76(75)85(90-83)95-87-79-55-71(47-39-63-29-13-14-30-63)72(48-40-64-31-15-16-32-64)56-80(79)88(92-87)96-86-78-54-70(46-38-62-27-11-12-28-62)69(45-37-61-25-9-10-26-61)53-77(78)84(91-86)94-82/h1-32,49-56H,(H2,89,90,91,92,93,94,95,96). The molecule has 4 aromatic carbocycles. The van der Waals surface area contributed by atoms with Gasteiger partial charge < -0.3 is 9.97 Å². The zero-order valence-electron chi connectivity index (χ0n) is 50.8. The van der Waals surface area contributed by atoms with Crippen LogP contribution in [0.25, 0.3) is 89.7 Å². The highest BCUT2D eigenvalue weighted by atomic mass is 15.1. The molecule has 3 aromatic heterocycles. The van der Waals surface area contributed by atoms with Gasteiger partial charge in [0.15, 0.2) is 23.3 Å². The third-order valence-corrected chi connectivity index (χ3v) is 16.4. The SMILES string of the molecule is C(#Cc1cc2c(cc1C#C[C]1[CH][CH][CH][CH]1)-c1nc-2nc2nc(nc3[nH]c(nc4[nH]c(n1)c1cc(C#C[C]5[CH][CH][CH][CH]5)c(C#C[C]5[CH][CH][CH][CH]5)cc41)c1cc(C#C[C]4[CH][CH][CH][CH]4)c(C#C[C]4[CH][CH][CH][CH]4)cc31)-c1cc(C#C[C]3[CH][CH][CH][CH]3)c(C#C[C]3[CH][CH][CH][CH]3)cc1-2)[C]1[CH][CH][CH][CH]1. The van der Waals surface area contributed by atoms with Gasteiger partial charge in [-0.2, -0.15) is 0 Å². The fourth-order valence-corrected chi connectivity index (χ4v) is 11.6. The molecule has 17 rings (SSSR count). The van der Waals surface area contributed by atoms with E-state index in [1.165, 1.54) is 0 Å². The Labute approximate surface area is 566 Å². The second-order valence-corrected chi connectivity index (χ2v) is 22.8. The summed E-state index contributed by atoms with van der Waals surface area (Å²) >= 11 is 0. The minimum absolute atomic E-state index is 0.348. The summed E-state index contributed by atoms with van der Waals surface area (Å²) in [5.74, 6) is 63.3. The number of hydrogen-bond acceptors (Lipinski definition) is 6. The van der Waals surface area contributed by atoms with E-state index in [1.807, 2.05) is 254 Å². The Kier molecular flexibility index (Phi) is 17.0. The first-order chi connectivity index (χ1) is 47.5. The number of nitrogens with one attached hydrogen (secondary N) is 2. The lowest BCUT2D eigenvalue weighted by Crippen LogP contribution is -1.94. The largest absolute Gasteiger partial charge is 0.324 e. The van der Waals surface area contributed by atoms with Gasteiger partial charge in [0.25, 0.3) is 0 Å². The maximum absolute atomic E-state index is 5.59. The van der Waals surface area contributed by atoms with Gasteiger partial charge in [0, 0.05) is 88.3 Å². The quantitative estimate of drug-likeness (QED) is 0.146. The molecule has 0 unspecified atom stereocenters. The van der Waals surface area contributed by atoms with E-state index < -0.39 is 0 Å². The van der Waals surface area contributed by atoms with Gasteiger partial charge in [-0.25, -0.2) is 29.9 Å². The minimum atomic E-state index is 0.348. The average molecular weight is 1210 g/mol. The lowest BCUT2D eigenvalue weighted by atomic mass is 9.97. The summed E-state index contributed by atoms with van der Waals surface area (Å²) in [4.78, 5) is 40.4. The van der Waals surface area contributed by atoms with Crippen LogP contribution >= 0.6 is 0 Å². The second kappa shape index (κ2) is 27.1. The molecule has 8 bridgehead atoms. The Balaban J connectivity index is 0.971. The van der Waals surface area contributed by atoms with E-state index in [9.17, 15) is 0 Å². The van der Waals surface area contributed by atoms with E-state index >= 15 is 0 Å². The topological polar surface area (TPSA) is 109 Å². The van der Waals surface area contributed by atoms with Crippen molar-refractivity contribution >= 4 is 44.1 Å². The van der Waals surface area contributed by atoms with E-state index in [0.29, 0.717) is 113 Å². The normalized spacial score (nSPS) is 19.0. The zero-order chi connectivity index (χ0) is 63.7. The van der Waals surface area contributed by atoms with Crippen molar-refractivity contribution in [3.8, 4) is 140 Å². The van der Waals surface area contributed by atoms with Crippen molar-refractivity contribution in [1.82, 2.24) is 39.9 Å². The number of nitrogens with zero attached hydrogens (tertiary/aromatic N) is 6. The molecule has 8 fully saturated rings. The van der Waals surface area contributed by atoms with E-state index in [-0.39, 0.29) is 0 Å². The van der Waals surface area contributed by atoms with E-state index in [4.69, 9.17) is 29.9 Å². The van der Waals surface area contributed by atoms with Crippen LogP contribution in [0.3, 0.4) is 0 Å². The maximum Gasteiger partial charge on any atom is 0.164 e. The molecule has 0 amide bonds. The summed E-state index contributed by atoms with van der Waals surface area (Å²) in [5.41, 5.74) is 10.1. The van der Waals surface area contributed by atoms with Gasteiger partial charge in [0.2, 0.25) is 0 Å². The van der Waals surface area contributed by atoms with E-state index in [0.717, 1.165) is 68.9 Å². The Morgan fingerprint density at radius 2 is 0.344 bits per heavy atom. The summed E-state index contributed by atoms with van der Waals surface area (Å²) in [6.07, 6.45) is 63.4. The Morgan fingerprint density at radius 1 is 0.177 bits per heavy atom. The summed E-state index contributed by atoms with van der Waals surface area (Å²) in [7, 11) is 0. The molecule has 8 nitrogen and oxygen atoms in total. The van der Waals surface area contributed by atoms with Crippen LogP contribution in [0, 0.1) is 348 Å². The lowest BCUT2D eigenvalue weighted by Gasteiger charge is -2.06. The molecule has 8 heteroatoms. The van der Waals surface area contributed by atoms with Crippen LogP contribution in [-0.2, 0) is 0 Å². The molecule has 5 heterocycles. The smallest absolute Gasteiger partial charge is 0.164 e. The third-order valence-electron chi connectivity index (χ3n) is 16.4. The predicted molar refractivity (Wildman–Crippen MR) is 375 cm³/mol. The summed E-state index contributed by atoms with van der Waals surface area (Å²) < 4.78 is 0. The van der Waals surface area contributed by atoms with Gasteiger partial charge in [-0.15, -0.1) is 0 Å². The first-order valence-electron chi connectivity index (χ1n) is 30.9. The highest BCUT2D eigenvalue weighted by Gasteiger charge is 2.29. The molecular weight excluding hydrogens is 1170 g/mol. The number of fused-ring (bicyclic) bond motifs is 20. The number of rotatable bonds is 0. The monoisotopic (exact) mass is 1210 g/mol. The van der Waals surface area contributed by atoms with Crippen LogP contribution in [0.1, 0.15) is 44.5 Å². The molecule has 0 spiro atoms. The summed E-state index contributed by atoms with van der Waals surface area (Å²) in [6, 6.07) is 16.2. The van der Waals surface area contributed by atoms with Crippen LogP contribution in [0.15, 0.2) is 48.5 Å².